The predicted octanol–water partition coefficient (Wildman–Crippen LogP) is 4.48. The van der Waals surface area contributed by atoms with Crippen LogP contribution in [0.15, 0.2) is 30.5 Å². The number of hydrogen-bond acceptors (Lipinski definition) is 5. The van der Waals surface area contributed by atoms with Crippen molar-refractivity contribution >= 4 is 23.1 Å². The van der Waals surface area contributed by atoms with Gasteiger partial charge >= 0.3 is 0 Å². The molecule has 4 rings (SSSR count). The van der Waals surface area contributed by atoms with E-state index in [0.29, 0.717) is 18.7 Å². The monoisotopic (exact) mass is 475 g/mol. The number of nitriles is 1. The molecule has 1 aromatic carbocycles. The lowest BCUT2D eigenvalue weighted by Crippen LogP contribution is -2.39. The first-order chi connectivity index (χ1) is 16.7. The summed E-state index contributed by atoms with van der Waals surface area (Å²) in [5.41, 5.74) is 4.57. The number of nitrogens with one attached hydrogen (secondary N) is 2. The fraction of sp³-hybridized carbons (Fsp3) is 0.481. The lowest BCUT2D eigenvalue weighted by Gasteiger charge is -2.32. The molecule has 0 saturated carbocycles. The van der Waals surface area contributed by atoms with Crippen LogP contribution in [0.25, 0.3) is 5.57 Å². The molecule has 184 valence electrons. The number of aromatic nitrogens is 2. The minimum atomic E-state index is -0.436. The molecule has 0 bridgehead atoms. The van der Waals surface area contributed by atoms with Crippen molar-refractivity contribution in [2.75, 3.05) is 26.0 Å². The van der Waals surface area contributed by atoms with Gasteiger partial charge in [0.1, 0.15) is 17.9 Å². The van der Waals surface area contributed by atoms with Crippen LogP contribution in [0.4, 0.5) is 5.69 Å². The summed E-state index contributed by atoms with van der Waals surface area (Å²) in [5.74, 6) is -0.0963. The van der Waals surface area contributed by atoms with Crippen LogP contribution in [0.2, 0.25) is 0 Å². The molecular weight excluding hydrogens is 442 g/mol. The van der Waals surface area contributed by atoms with Crippen molar-refractivity contribution in [3.63, 3.8) is 0 Å². The Bertz CT molecular complexity index is 1190. The van der Waals surface area contributed by atoms with Gasteiger partial charge < -0.3 is 19.9 Å². The van der Waals surface area contributed by atoms with Crippen LogP contribution in [0, 0.1) is 16.7 Å². The van der Waals surface area contributed by atoms with Crippen molar-refractivity contribution in [3.8, 4) is 6.07 Å². The lowest BCUT2D eigenvalue weighted by atomic mass is 9.76. The summed E-state index contributed by atoms with van der Waals surface area (Å²) in [4.78, 5) is 33.7. The second kappa shape index (κ2) is 10.0. The minimum absolute atomic E-state index is 0.00814. The molecule has 2 aromatic rings. The molecule has 2 heterocycles. The molecule has 1 aliphatic carbocycles. The maximum atomic E-state index is 12.9. The van der Waals surface area contributed by atoms with Gasteiger partial charge in [0.25, 0.3) is 11.8 Å². The van der Waals surface area contributed by atoms with Gasteiger partial charge in [0.2, 0.25) is 0 Å². The van der Waals surface area contributed by atoms with E-state index >= 15 is 0 Å². The number of allylic oxidation sites excluding steroid dienone is 2. The van der Waals surface area contributed by atoms with E-state index < -0.39 is 6.10 Å². The summed E-state index contributed by atoms with van der Waals surface area (Å²) in [6.07, 6.45) is 7.64. The number of nitrogens with zero attached hydrogens (tertiary/aromatic N) is 3. The van der Waals surface area contributed by atoms with E-state index in [9.17, 15) is 9.59 Å². The summed E-state index contributed by atoms with van der Waals surface area (Å²) in [5, 5.41) is 12.0. The molecule has 0 spiro atoms. The third kappa shape index (κ3) is 5.63. The number of aromatic amines is 1. The van der Waals surface area contributed by atoms with Gasteiger partial charge in [-0.1, -0.05) is 26.0 Å². The summed E-state index contributed by atoms with van der Waals surface area (Å²) in [7, 11) is 3.50. The van der Waals surface area contributed by atoms with Crippen LogP contribution in [-0.4, -0.2) is 53.5 Å². The Hall–Kier alpha value is -3.44. The van der Waals surface area contributed by atoms with Crippen molar-refractivity contribution in [2.24, 2.45) is 5.41 Å². The number of H-pyrrole nitrogens is 1. The average molecular weight is 476 g/mol. The van der Waals surface area contributed by atoms with Gasteiger partial charge in [-0.25, -0.2) is 4.98 Å². The molecule has 1 aliphatic heterocycles. The number of hydrogen-bond donors (Lipinski definition) is 2. The van der Waals surface area contributed by atoms with Crippen molar-refractivity contribution in [1.82, 2.24) is 14.9 Å². The zero-order valence-corrected chi connectivity index (χ0v) is 20.9. The van der Waals surface area contributed by atoms with Crippen molar-refractivity contribution in [3.05, 3.63) is 53.1 Å². The average Bonchev–Trinajstić information content (AvgIpc) is 3.34. The van der Waals surface area contributed by atoms with Crippen LogP contribution < -0.4 is 5.32 Å². The molecule has 1 saturated heterocycles. The zero-order valence-electron chi connectivity index (χ0n) is 20.9. The van der Waals surface area contributed by atoms with E-state index in [1.54, 1.807) is 19.0 Å². The van der Waals surface area contributed by atoms with Crippen LogP contribution in [0.3, 0.4) is 0 Å². The van der Waals surface area contributed by atoms with E-state index in [1.807, 2.05) is 18.2 Å². The topological polar surface area (TPSA) is 111 Å². The molecule has 1 fully saturated rings. The van der Waals surface area contributed by atoms with Gasteiger partial charge in [0.15, 0.2) is 5.82 Å². The van der Waals surface area contributed by atoms with E-state index in [-0.39, 0.29) is 34.7 Å². The summed E-state index contributed by atoms with van der Waals surface area (Å²) in [6, 6.07) is 8.09. The van der Waals surface area contributed by atoms with E-state index in [2.05, 4.69) is 41.3 Å². The summed E-state index contributed by atoms with van der Waals surface area (Å²) < 4.78 is 5.77. The number of carbonyl (C=O) groups excluding carboxylic acids is 2. The lowest BCUT2D eigenvalue weighted by molar-refractivity contribution is -0.144. The molecule has 2 unspecified atom stereocenters. The van der Waals surface area contributed by atoms with Gasteiger partial charge in [0, 0.05) is 32.0 Å². The first-order valence-electron chi connectivity index (χ1n) is 12.1. The van der Waals surface area contributed by atoms with Gasteiger partial charge in [-0.3, -0.25) is 9.59 Å². The van der Waals surface area contributed by atoms with Crippen LogP contribution >= 0.6 is 0 Å². The van der Waals surface area contributed by atoms with Crippen molar-refractivity contribution in [2.45, 2.75) is 58.0 Å². The fourth-order valence-corrected chi connectivity index (χ4v) is 4.75. The minimum Gasteiger partial charge on any atom is -0.368 e. The molecule has 1 aromatic heterocycles. The Balaban J connectivity index is 1.64. The Kier molecular flexibility index (Phi) is 7.08. The van der Waals surface area contributed by atoms with E-state index in [4.69, 9.17) is 10.00 Å². The van der Waals surface area contributed by atoms with E-state index in [0.717, 1.165) is 36.8 Å². The predicted molar refractivity (Wildman–Crippen MR) is 134 cm³/mol. The highest BCUT2D eigenvalue weighted by Crippen LogP contribution is 2.41. The molecule has 2 N–H and O–H groups in total. The molecule has 2 amide bonds. The number of amides is 2. The van der Waals surface area contributed by atoms with Crippen LogP contribution in [-0.2, 0) is 9.53 Å². The standard InChI is InChI=1S/C27H33N5O3/c1-27(2)10-7-17(8-11-27)21-13-18(19-9-12-35-23(14-19)26(34)32(3)4)5-6-22(21)31-25(33)24-29-16-20(15-28)30-24/h5-7,13,16,19,23H,8-12,14H2,1-4H3,(H,29,30)(H,31,33). The molecular formula is C27H33N5O3. The molecule has 2 aliphatic rings. The molecule has 8 heteroatoms. The first kappa shape index (κ1) is 24.7. The van der Waals surface area contributed by atoms with Crippen LogP contribution in [0.5, 0.6) is 0 Å². The number of imidazole rings is 1. The SMILES string of the molecule is CN(C)C(=O)C1CC(c2ccc(NC(=O)c3ncc(C#N)[nH]3)c(C3=CCC(C)(C)CC3)c2)CCO1. The largest absolute Gasteiger partial charge is 0.368 e. The Morgan fingerprint density at radius 2 is 2.11 bits per heavy atom. The zero-order chi connectivity index (χ0) is 25.2. The maximum Gasteiger partial charge on any atom is 0.291 e. The summed E-state index contributed by atoms with van der Waals surface area (Å²) in [6.45, 7) is 5.08. The number of carbonyl (C=O) groups is 2. The van der Waals surface area contributed by atoms with Crippen molar-refractivity contribution < 1.29 is 14.3 Å². The van der Waals surface area contributed by atoms with Gasteiger partial charge in [-0.15, -0.1) is 0 Å². The summed E-state index contributed by atoms with van der Waals surface area (Å²) >= 11 is 0. The highest BCUT2D eigenvalue weighted by atomic mass is 16.5. The number of benzene rings is 1. The second-order valence-electron chi connectivity index (χ2n) is 10.4. The number of rotatable bonds is 5. The number of anilines is 1. The van der Waals surface area contributed by atoms with E-state index in [1.165, 1.54) is 11.8 Å². The van der Waals surface area contributed by atoms with Gasteiger partial charge in [-0.2, -0.15) is 5.26 Å². The molecule has 0 radical (unpaired) electrons. The highest BCUT2D eigenvalue weighted by molar-refractivity contribution is 6.03. The molecule has 8 nitrogen and oxygen atoms in total. The Morgan fingerprint density at radius 1 is 1.31 bits per heavy atom. The van der Waals surface area contributed by atoms with Gasteiger partial charge in [0.05, 0.1) is 6.20 Å². The number of ether oxygens (including phenoxy) is 1. The normalized spacial score (nSPS) is 21.5. The quantitative estimate of drug-likeness (QED) is 0.662. The Morgan fingerprint density at radius 3 is 2.77 bits per heavy atom. The first-order valence-corrected chi connectivity index (χ1v) is 12.1. The Labute approximate surface area is 206 Å². The molecule has 35 heavy (non-hydrogen) atoms. The van der Waals surface area contributed by atoms with Crippen molar-refractivity contribution in [1.29, 1.82) is 5.26 Å². The molecule has 2 atom stereocenters. The number of likely N-dealkylation sites (N-methyl/N-ethyl adjacent to an activating group) is 1. The third-order valence-electron chi connectivity index (χ3n) is 6.99. The van der Waals surface area contributed by atoms with Crippen LogP contribution in [0.1, 0.15) is 79.3 Å². The fourth-order valence-electron chi connectivity index (χ4n) is 4.75. The second-order valence-corrected chi connectivity index (χ2v) is 10.4. The van der Waals surface area contributed by atoms with Gasteiger partial charge in [-0.05, 0) is 66.7 Å². The highest BCUT2D eigenvalue weighted by Gasteiger charge is 2.31. The third-order valence-corrected chi connectivity index (χ3v) is 6.99. The smallest absolute Gasteiger partial charge is 0.291 e. The maximum absolute atomic E-state index is 12.9.